The SMILES string of the molecule is CCC(C)C(NC(=O)C(CS)NC(=O)C(CS)NC(=O)C(CC(=O)O)NC(=O)C1CCCN1)C(=O)N1CCCC1C(=O)O. The number of nitrogens with zero attached hydrogens (tertiary/aromatic N) is 1. The number of aliphatic carboxylic acids is 2. The summed E-state index contributed by atoms with van der Waals surface area (Å²) in [5.41, 5.74) is 0. The first-order chi connectivity index (χ1) is 20.3. The van der Waals surface area contributed by atoms with Crippen LogP contribution in [-0.2, 0) is 33.6 Å². The van der Waals surface area contributed by atoms with E-state index in [-0.39, 0.29) is 24.0 Å². The van der Waals surface area contributed by atoms with E-state index < -0.39 is 84.1 Å². The standard InChI is InChI=1S/C26H42N6O9S2/c1-3-13(2)20(25(39)32-9-5-7-18(32)26(40)41)31-24(38)17(12-43)30-23(37)16(11-42)29-22(36)15(10-19(33)34)28-21(35)14-6-4-8-27-14/h13-18,20,27,42-43H,3-12H2,1-2H3,(H,28,35)(H,29,36)(H,30,37)(H,31,38)(H,33,34)(H,40,41). The van der Waals surface area contributed by atoms with Gasteiger partial charge in [-0.05, 0) is 38.1 Å². The Kier molecular flexibility index (Phi) is 14.5. The number of carboxylic acid groups (broad SMARTS) is 2. The molecule has 0 spiro atoms. The topological polar surface area (TPSA) is 223 Å². The van der Waals surface area contributed by atoms with Crippen LogP contribution in [0.1, 0.15) is 52.4 Å². The Morgan fingerprint density at radius 3 is 1.93 bits per heavy atom. The monoisotopic (exact) mass is 646 g/mol. The van der Waals surface area contributed by atoms with Crippen LogP contribution in [0.15, 0.2) is 0 Å². The van der Waals surface area contributed by atoms with Gasteiger partial charge in [0.15, 0.2) is 0 Å². The van der Waals surface area contributed by atoms with Gasteiger partial charge in [-0.1, -0.05) is 20.3 Å². The fourth-order valence-corrected chi connectivity index (χ4v) is 5.41. The second-order valence-corrected chi connectivity index (χ2v) is 11.4. The lowest BCUT2D eigenvalue weighted by molar-refractivity contribution is -0.150. The van der Waals surface area contributed by atoms with Gasteiger partial charge in [0.25, 0.3) is 0 Å². The highest BCUT2D eigenvalue weighted by Gasteiger charge is 2.40. The van der Waals surface area contributed by atoms with E-state index in [1.807, 2.05) is 6.92 Å². The van der Waals surface area contributed by atoms with Gasteiger partial charge in [-0.25, -0.2) is 4.79 Å². The molecule has 17 heteroatoms. The zero-order valence-electron chi connectivity index (χ0n) is 24.2. The number of likely N-dealkylation sites (tertiary alicyclic amines) is 1. The molecule has 7 N–H and O–H groups in total. The van der Waals surface area contributed by atoms with E-state index in [0.29, 0.717) is 32.2 Å². The third-order valence-corrected chi connectivity index (χ3v) is 8.35. The second kappa shape index (κ2) is 17.3. The molecule has 0 saturated carbocycles. The highest BCUT2D eigenvalue weighted by molar-refractivity contribution is 7.80. The van der Waals surface area contributed by atoms with Crippen molar-refractivity contribution in [2.24, 2.45) is 5.92 Å². The Morgan fingerprint density at radius 2 is 1.44 bits per heavy atom. The molecule has 0 radical (unpaired) electrons. The zero-order valence-corrected chi connectivity index (χ0v) is 26.0. The molecule has 0 aromatic carbocycles. The smallest absolute Gasteiger partial charge is 0.326 e. The van der Waals surface area contributed by atoms with Crippen molar-refractivity contribution in [1.82, 2.24) is 31.5 Å². The number of carbonyl (C=O) groups excluding carboxylic acids is 5. The molecule has 7 atom stereocenters. The molecule has 2 aliphatic rings. The van der Waals surface area contributed by atoms with Crippen LogP contribution >= 0.6 is 25.3 Å². The molecule has 2 saturated heterocycles. The first kappa shape index (κ1) is 36.1. The van der Waals surface area contributed by atoms with Gasteiger partial charge in [-0.15, -0.1) is 0 Å². The molecule has 0 aromatic heterocycles. The Morgan fingerprint density at radius 1 is 0.860 bits per heavy atom. The fourth-order valence-electron chi connectivity index (χ4n) is 4.90. The number of hydrogen-bond donors (Lipinski definition) is 9. The normalized spacial score (nSPS) is 21.5. The van der Waals surface area contributed by atoms with Crippen LogP contribution in [0.5, 0.6) is 0 Å². The van der Waals surface area contributed by atoms with Crippen molar-refractivity contribution >= 4 is 66.7 Å². The number of thiol groups is 2. The minimum atomic E-state index is -1.46. The largest absolute Gasteiger partial charge is 0.481 e. The van der Waals surface area contributed by atoms with Gasteiger partial charge in [0, 0.05) is 18.1 Å². The molecule has 242 valence electrons. The average Bonchev–Trinajstić information content (AvgIpc) is 3.69. The van der Waals surface area contributed by atoms with Crippen LogP contribution in [0, 0.1) is 5.92 Å². The third kappa shape index (κ3) is 10.3. The van der Waals surface area contributed by atoms with Crippen molar-refractivity contribution in [3.63, 3.8) is 0 Å². The van der Waals surface area contributed by atoms with Gasteiger partial charge in [-0.3, -0.25) is 28.8 Å². The van der Waals surface area contributed by atoms with Crippen LogP contribution in [0.2, 0.25) is 0 Å². The summed E-state index contributed by atoms with van der Waals surface area (Å²) in [5.74, 6) is -6.78. The highest BCUT2D eigenvalue weighted by Crippen LogP contribution is 2.21. The fraction of sp³-hybridized carbons (Fsp3) is 0.731. The summed E-state index contributed by atoms with van der Waals surface area (Å²) >= 11 is 8.25. The number of nitrogens with one attached hydrogen (secondary N) is 5. The minimum absolute atomic E-state index is 0.181. The number of carboxylic acids is 2. The predicted octanol–water partition coefficient (Wildman–Crippen LogP) is -1.87. The lowest BCUT2D eigenvalue weighted by atomic mass is 9.97. The van der Waals surface area contributed by atoms with Crippen molar-refractivity contribution in [2.45, 2.75) is 88.6 Å². The summed E-state index contributed by atoms with van der Waals surface area (Å²) in [7, 11) is 0. The van der Waals surface area contributed by atoms with Gasteiger partial charge < -0.3 is 41.7 Å². The maximum Gasteiger partial charge on any atom is 0.326 e. The third-order valence-electron chi connectivity index (χ3n) is 7.62. The molecule has 2 heterocycles. The average molecular weight is 647 g/mol. The maximum atomic E-state index is 13.3. The number of hydrogen-bond acceptors (Lipinski definition) is 10. The molecular weight excluding hydrogens is 604 g/mol. The van der Waals surface area contributed by atoms with E-state index in [2.05, 4.69) is 51.8 Å². The molecular formula is C26H42N6O9S2. The van der Waals surface area contributed by atoms with Crippen LogP contribution < -0.4 is 26.6 Å². The van der Waals surface area contributed by atoms with Gasteiger partial charge in [0.05, 0.1) is 12.5 Å². The van der Waals surface area contributed by atoms with Crippen LogP contribution in [0.3, 0.4) is 0 Å². The molecule has 15 nitrogen and oxygen atoms in total. The molecule has 5 amide bonds. The molecule has 2 fully saturated rings. The maximum absolute atomic E-state index is 13.3. The zero-order chi connectivity index (χ0) is 32.3. The first-order valence-corrected chi connectivity index (χ1v) is 15.5. The molecule has 43 heavy (non-hydrogen) atoms. The summed E-state index contributed by atoms with van der Waals surface area (Å²) in [5, 5.41) is 31.6. The van der Waals surface area contributed by atoms with Crippen LogP contribution in [0.25, 0.3) is 0 Å². The van der Waals surface area contributed by atoms with E-state index in [1.165, 1.54) is 4.90 Å². The number of amides is 5. The Balaban J connectivity index is 2.08. The van der Waals surface area contributed by atoms with Crippen molar-refractivity contribution in [3.05, 3.63) is 0 Å². The molecule has 0 aromatic rings. The van der Waals surface area contributed by atoms with E-state index in [9.17, 15) is 43.8 Å². The quantitative estimate of drug-likeness (QED) is 0.0850. The van der Waals surface area contributed by atoms with Crippen molar-refractivity contribution in [1.29, 1.82) is 0 Å². The molecule has 2 rings (SSSR count). The van der Waals surface area contributed by atoms with E-state index in [4.69, 9.17) is 0 Å². The van der Waals surface area contributed by atoms with Gasteiger partial charge >= 0.3 is 11.9 Å². The predicted molar refractivity (Wildman–Crippen MR) is 161 cm³/mol. The summed E-state index contributed by atoms with van der Waals surface area (Å²) in [6.07, 6.45) is 1.89. The van der Waals surface area contributed by atoms with Crippen LogP contribution in [0.4, 0.5) is 0 Å². The Hall–Kier alpha value is -3.05. The van der Waals surface area contributed by atoms with E-state index in [0.717, 1.165) is 6.42 Å². The van der Waals surface area contributed by atoms with Crippen molar-refractivity contribution in [2.75, 3.05) is 24.6 Å². The number of rotatable bonds is 16. The second-order valence-electron chi connectivity index (χ2n) is 10.7. The lowest BCUT2D eigenvalue weighted by Gasteiger charge is -2.31. The molecule has 7 unspecified atom stereocenters. The van der Waals surface area contributed by atoms with Crippen molar-refractivity contribution in [3.8, 4) is 0 Å². The summed E-state index contributed by atoms with van der Waals surface area (Å²) < 4.78 is 0. The molecule has 0 bridgehead atoms. The molecule has 0 aliphatic carbocycles. The molecule has 2 aliphatic heterocycles. The minimum Gasteiger partial charge on any atom is -0.481 e. The van der Waals surface area contributed by atoms with E-state index >= 15 is 0 Å². The van der Waals surface area contributed by atoms with Gasteiger partial charge in [0.2, 0.25) is 29.5 Å². The van der Waals surface area contributed by atoms with Gasteiger partial charge in [-0.2, -0.15) is 25.3 Å². The van der Waals surface area contributed by atoms with Gasteiger partial charge in [0.1, 0.15) is 30.2 Å². The summed E-state index contributed by atoms with van der Waals surface area (Å²) in [4.78, 5) is 89.2. The Bertz CT molecular complexity index is 1060. The summed E-state index contributed by atoms with van der Waals surface area (Å²) in [6.45, 7) is 4.42. The van der Waals surface area contributed by atoms with Crippen molar-refractivity contribution < 1.29 is 43.8 Å². The van der Waals surface area contributed by atoms with E-state index in [1.54, 1.807) is 6.92 Å². The Labute approximate surface area is 260 Å². The first-order valence-electron chi connectivity index (χ1n) is 14.3. The lowest BCUT2D eigenvalue weighted by Crippen LogP contribution is -2.61. The highest BCUT2D eigenvalue weighted by atomic mass is 32.1. The van der Waals surface area contributed by atoms with Crippen LogP contribution in [-0.4, -0.2) is 117 Å². The number of carbonyl (C=O) groups is 7. The summed E-state index contributed by atoms with van der Waals surface area (Å²) in [6, 6.07) is -6.61.